The lowest BCUT2D eigenvalue weighted by molar-refractivity contribution is 0.820. The van der Waals surface area contributed by atoms with Gasteiger partial charge in [-0.15, -0.1) is 0 Å². The maximum atomic E-state index is 2.36. The Balaban J connectivity index is 2.23. The predicted octanol–water partition coefficient (Wildman–Crippen LogP) is 2.85. The molecule has 1 rings (SSSR count). The van der Waals surface area contributed by atoms with E-state index in [2.05, 4.69) is 30.8 Å². The van der Waals surface area contributed by atoms with Crippen LogP contribution < -0.4 is 0 Å². The Labute approximate surface area is 61.7 Å². The average molecular weight is 142 g/mol. The molecule has 0 amide bonds. The van der Waals surface area contributed by atoms with E-state index in [1.54, 1.807) is 0 Å². The molecule has 1 aliphatic rings. The van der Waals surface area contributed by atoms with E-state index < -0.39 is 0 Å². The molecule has 1 unspecified atom stereocenters. The molecule has 0 N–H and O–H groups in total. The lowest BCUT2D eigenvalue weighted by Crippen LogP contribution is -2.02. The van der Waals surface area contributed by atoms with Crippen LogP contribution in [-0.2, 0) is 0 Å². The van der Waals surface area contributed by atoms with E-state index in [0.29, 0.717) is 0 Å². The monoisotopic (exact) mass is 142 g/mol. The maximum absolute atomic E-state index is 2.36. The summed E-state index contributed by atoms with van der Waals surface area (Å²) in [5, 5.41) is 0.837. The van der Waals surface area contributed by atoms with Gasteiger partial charge in [-0.2, -0.15) is 11.8 Å². The zero-order valence-corrected chi connectivity index (χ0v) is 6.79. The summed E-state index contributed by atoms with van der Waals surface area (Å²) < 4.78 is 0. The molecule has 0 aromatic carbocycles. The van der Waals surface area contributed by atoms with E-state index in [1.807, 2.05) is 0 Å². The van der Waals surface area contributed by atoms with Gasteiger partial charge in [0.2, 0.25) is 0 Å². The predicted molar refractivity (Wildman–Crippen MR) is 44.9 cm³/mol. The van der Waals surface area contributed by atoms with Gasteiger partial charge in [-0.1, -0.05) is 25.5 Å². The molecule has 0 saturated heterocycles. The molecule has 0 aromatic rings. The first kappa shape index (κ1) is 7.20. The van der Waals surface area contributed by atoms with Gasteiger partial charge in [0.25, 0.3) is 0 Å². The van der Waals surface area contributed by atoms with E-state index in [0.717, 1.165) is 5.25 Å². The second kappa shape index (κ2) is 3.99. The normalized spacial score (nSPS) is 26.6. The highest BCUT2D eigenvalue weighted by atomic mass is 32.2. The highest BCUT2D eigenvalue weighted by Gasteiger charge is 2.05. The van der Waals surface area contributed by atoms with Crippen LogP contribution >= 0.6 is 11.8 Å². The standard InChI is InChI=1S/C8H14S/c1-2-5-8-6-3-4-7-9-8/h3,6,8H,2,4-5,7H2,1H3. The van der Waals surface area contributed by atoms with Crippen LogP contribution in [0.3, 0.4) is 0 Å². The maximum Gasteiger partial charge on any atom is 0.0227 e. The minimum atomic E-state index is 0.837. The third-order valence-corrected chi connectivity index (χ3v) is 2.83. The Morgan fingerprint density at radius 3 is 3.11 bits per heavy atom. The molecule has 0 saturated carbocycles. The molecule has 0 fully saturated rings. The van der Waals surface area contributed by atoms with Crippen LogP contribution in [0.4, 0.5) is 0 Å². The van der Waals surface area contributed by atoms with Crippen molar-refractivity contribution in [3.05, 3.63) is 12.2 Å². The minimum absolute atomic E-state index is 0.837. The van der Waals surface area contributed by atoms with E-state index in [-0.39, 0.29) is 0 Å². The molecule has 0 aromatic heterocycles. The first-order chi connectivity index (χ1) is 4.43. The van der Waals surface area contributed by atoms with Gasteiger partial charge < -0.3 is 0 Å². The third-order valence-electron chi connectivity index (χ3n) is 1.54. The third kappa shape index (κ3) is 2.44. The summed E-state index contributed by atoms with van der Waals surface area (Å²) in [5.74, 6) is 1.33. The zero-order chi connectivity index (χ0) is 6.53. The van der Waals surface area contributed by atoms with Crippen LogP contribution in [0, 0.1) is 0 Å². The van der Waals surface area contributed by atoms with Crippen molar-refractivity contribution in [3.63, 3.8) is 0 Å². The zero-order valence-electron chi connectivity index (χ0n) is 5.97. The van der Waals surface area contributed by atoms with Crippen molar-refractivity contribution in [1.29, 1.82) is 0 Å². The number of thioether (sulfide) groups is 1. The smallest absolute Gasteiger partial charge is 0.0227 e. The van der Waals surface area contributed by atoms with E-state index in [9.17, 15) is 0 Å². The molecular weight excluding hydrogens is 128 g/mol. The van der Waals surface area contributed by atoms with Gasteiger partial charge in [0, 0.05) is 5.25 Å². The second-order valence-electron chi connectivity index (χ2n) is 2.41. The van der Waals surface area contributed by atoms with Gasteiger partial charge in [0.1, 0.15) is 0 Å². The van der Waals surface area contributed by atoms with Gasteiger partial charge in [-0.25, -0.2) is 0 Å². The van der Waals surface area contributed by atoms with Crippen LogP contribution in [-0.4, -0.2) is 11.0 Å². The Morgan fingerprint density at radius 2 is 2.56 bits per heavy atom. The van der Waals surface area contributed by atoms with Crippen molar-refractivity contribution in [2.24, 2.45) is 0 Å². The lowest BCUT2D eigenvalue weighted by atomic mass is 10.2. The van der Waals surface area contributed by atoms with Crippen LogP contribution in [0.1, 0.15) is 26.2 Å². The second-order valence-corrected chi connectivity index (χ2v) is 3.76. The van der Waals surface area contributed by atoms with Crippen molar-refractivity contribution in [3.8, 4) is 0 Å². The number of allylic oxidation sites excluding steroid dienone is 1. The Kier molecular flexibility index (Phi) is 3.20. The van der Waals surface area contributed by atoms with Crippen molar-refractivity contribution in [2.45, 2.75) is 31.4 Å². The number of hydrogen-bond donors (Lipinski definition) is 0. The van der Waals surface area contributed by atoms with Gasteiger partial charge in [-0.3, -0.25) is 0 Å². The molecule has 0 nitrogen and oxygen atoms in total. The van der Waals surface area contributed by atoms with Crippen LogP contribution in [0.5, 0.6) is 0 Å². The Bertz CT molecular complexity index is 96.7. The fourth-order valence-electron chi connectivity index (χ4n) is 1.06. The molecule has 1 aliphatic heterocycles. The van der Waals surface area contributed by atoms with Gasteiger partial charge in [0.05, 0.1) is 0 Å². The summed E-state index contributed by atoms with van der Waals surface area (Å²) in [4.78, 5) is 0. The largest absolute Gasteiger partial charge is 0.154 e. The lowest BCUT2D eigenvalue weighted by Gasteiger charge is -2.13. The molecule has 0 radical (unpaired) electrons. The summed E-state index contributed by atoms with van der Waals surface area (Å²) in [6.45, 7) is 2.25. The summed E-state index contributed by atoms with van der Waals surface area (Å²) in [6, 6.07) is 0. The van der Waals surface area contributed by atoms with E-state index in [1.165, 1.54) is 25.0 Å². The molecule has 1 atom stereocenters. The highest BCUT2D eigenvalue weighted by molar-refractivity contribution is 8.00. The molecule has 1 heteroatoms. The summed E-state index contributed by atoms with van der Waals surface area (Å²) in [5.41, 5.74) is 0. The number of rotatable bonds is 2. The van der Waals surface area contributed by atoms with Gasteiger partial charge in [-0.05, 0) is 18.6 Å². The van der Waals surface area contributed by atoms with Gasteiger partial charge in [0.15, 0.2) is 0 Å². The van der Waals surface area contributed by atoms with Crippen LogP contribution in [0.15, 0.2) is 12.2 Å². The Morgan fingerprint density at radius 1 is 1.67 bits per heavy atom. The summed E-state index contributed by atoms with van der Waals surface area (Å²) in [7, 11) is 0. The first-order valence-electron chi connectivity index (χ1n) is 3.71. The molecule has 0 bridgehead atoms. The van der Waals surface area contributed by atoms with Crippen molar-refractivity contribution in [2.75, 3.05) is 5.75 Å². The Hall–Kier alpha value is 0.0900. The quantitative estimate of drug-likeness (QED) is 0.534. The fourth-order valence-corrected chi connectivity index (χ4v) is 2.25. The average Bonchev–Trinajstić information content (AvgIpc) is 1.91. The van der Waals surface area contributed by atoms with Crippen LogP contribution in [0.2, 0.25) is 0 Å². The van der Waals surface area contributed by atoms with Crippen molar-refractivity contribution >= 4 is 11.8 Å². The molecule has 9 heavy (non-hydrogen) atoms. The van der Waals surface area contributed by atoms with E-state index >= 15 is 0 Å². The van der Waals surface area contributed by atoms with Crippen molar-refractivity contribution < 1.29 is 0 Å². The molecule has 1 heterocycles. The summed E-state index contributed by atoms with van der Waals surface area (Å²) in [6.07, 6.45) is 8.64. The summed E-state index contributed by atoms with van der Waals surface area (Å²) >= 11 is 2.10. The highest BCUT2D eigenvalue weighted by Crippen LogP contribution is 2.22. The fraction of sp³-hybridized carbons (Fsp3) is 0.750. The van der Waals surface area contributed by atoms with Crippen LogP contribution in [0.25, 0.3) is 0 Å². The van der Waals surface area contributed by atoms with Crippen molar-refractivity contribution in [1.82, 2.24) is 0 Å². The number of hydrogen-bond acceptors (Lipinski definition) is 1. The molecule has 0 aliphatic carbocycles. The SMILES string of the molecule is CCCC1C=CCCS1. The molecular formula is C8H14S. The first-order valence-corrected chi connectivity index (χ1v) is 4.76. The van der Waals surface area contributed by atoms with E-state index in [4.69, 9.17) is 0 Å². The topological polar surface area (TPSA) is 0 Å². The molecule has 52 valence electrons. The minimum Gasteiger partial charge on any atom is -0.154 e. The molecule has 0 spiro atoms. The van der Waals surface area contributed by atoms with Gasteiger partial charge >= 0.3 is 0 Å².